The van der Waals surface area contributed by atoms with Crippen molar-refractivity contribution in [1.29, 1.82) is 0 Å². The standard InChI is InChI=1S/C17H13Br2Cl2F2N5O/c1-8-14(19)15(16(22)23)25-28(8)7-13(29)24-17-11(18)6-27(26-17)5-9-2-3-10(20)4-12(9)21/h2-4,6,16H,5,7H2,1H3,(H,24,26,29). The highest BCUT2D eigenvalue weighted by Gasteiger charge is 2.21. The second-order valence-electron chi connectivity index (χ2n) is 6.05. The van der Waals surface area contributed by atoms with E-state index < -0.39 is 18.0 Å². The Bertz CT molecular complexity index is 1070. The lowest BCUT2D eigenvalue weighted by atomic mass is 10.2. The average molecular weight is 572 g/mol. The summed E-state index contributed by atoms with van der Waals surface area (Å²) in [6.45, 7) is 1.73. The predicted molar refractivity (Wildman–Crippen MR) is 114 cm³/mol. The van der Waals surface area contributed by atoms with Crippen molar-refractivity contribution in [3.63, 3.8) is 0 Å². The fraction of sp³-hybridized carbons (Fsp3) is 0.235. The van der Waals surface area contributed by atoms with Crippen LogP contribution < -0.4 is 5.32 Å². The zero-order valence-corrected chi connectivity index (χ0v) is 19.4. The van der Waals surface area contributed by atoms with Crippen molar-refractivity contribution in [3.8, 4) is 0 Å². The molecule has 1 amide bonds. The van der Waals surface area contributed by atoms with Crippen LogP contribution in [0.3, 0.4) is 0 Å². The fourth-order valence-corrected chi connectivity index (χ4v) is 3.88. The van der Waals surface area contributed by atoms with Crippen LogP contribution in [0.2, 0.25) is 10.0 Å². The van der Waals surface area contributed by atoms with E-state index in [0.717, 1.165) is 5.56 Å². The van der Waals surface area contributed by atoms with Gasteiger partial charge >= 0.3 is 0 Å². The predicted octanol–water partition coefficient (Wildman–Crippen LogP) is 5.84. The van der Waals surface area contributed by atoms with E-state index in [0.29, 0.717) is 26.8 Å². The van der Waals surface area contributed by atoms with Crippen LogP contribution >= 0.6 is 55.1 Å². The van der Waals surface area contributed by atoms with Crippen molar-refractivity contribution in [3.05, 3.63) is 60.3 Å². The van der Waals surface area contributed by atoms with Crippen LogP contribution in [-0.4, -0.2) is 25.5 Å². The molecule has 2 aromatic heterocycles. The van der Waals surface area contributed by atoms with Gasteiger partial charge in [-0.15, -0.1) is 0 Å². The van der Waals surface area contributed by atoms with Crippen LogP contribution in [0, 0.1) is 6.92 Å². The minimum atomic E-state index is -2.74. The molecule has 0 unspecified atom stereocenters. The highest BCUT2D eigenvalue weighted by molar-refractivity contribution is 9.11. The molecule has 0 saturated carbocycles. The quantitative estimate of drug-likeness (QED) is 0.404. The first-order valence-electron chi connectivity index (χ1n) is 8.13. The Kier molecular flexibility index (Phi) is 6.98. The highest BCUT2D eigenvalue weighted by Crippen LogP contribution is 2.29. The first kappa shape index (κ1) is 22.2. The molecule has 2 heterocycles. The second-order valence-corrected chi connectivity index (χ2v) is 8.54. The van der Waals surface area contributed by atoms with Gasteiger partial charge in [-0.1, -0.05) is 29.3 Å². The average Bonchev–Trinajstić information content (AvgIpc) is 3.11. The number of hydrogen-bond acceptors (Lipinski definition) is 3. The van der Waals surface area contributed by atoms with Crippen molar-refractivity contribution in [2.75, 3.05) is 5.32 Å². The van der Waals surface area contributed by atoms with Crippen LogP contribution in [0.25, 0.3) is 0 Å². The summed E-state index contributed by atoms with van der Waals surface area (Å²) >= 11 is 18.5. The normalized spacial score (nSPS) is 11.3. The topological polar surface area (TPSA) is 64.7 Å². The number of hydrogen-bond donors (Lipinski definition) is 1. The van der Waals surface area contributed by atoms with Gasteiger partial charge in [0.15, 0.2) is 5.82 Å². The Balaban J connectivity index is 1.71. The number of nitrogens with zero attached hydrogens (tertiary/aromatic N) is 4. The minimum absolute atomic E-state index is 0.186. The van der Waals surface area contributed by atoms with Crippen molar-refractivity contribution in [2.24, 2.45) is 0 Å². The van der Waals surface area contributed by atoms with E-state index in [-0.39, 0.29) is 16.8 Å². The summed E-state index contributed by atoms with van der Waals surface area (Å²) in [6.07, 6.45) is -1.05. The van der Waals surface area contributed by atoms with Gasteiger partial charge in [0.2, 0.25) is 5.91 Å². The number of amides is 1. The van der Waals surface area contributed by atoms with Gasteiger partial charge in [-0.3, -0.25) is 14.2 Å². The third kappa shape index (κ3) is 5.17. The summed E-state index contributed by atoms with van der Waals surface area (Å²) in [7, 11) is 0. The number of anilines is 1. The molecule has 0 aliphatic heterocycles. The summed E-state index contributed by atoms with van der Waals surface area (Å²) < 4.78 is 29.4. The number of alkyl halides is 2. The number of aromatic nitrogens is 4. The van der Waals surface area contributed by atoms with E-state index in [1.54, 1.807) is 36.0 Å². The first-order valence-corrected chi connectivity index (χ1v) is 10.5. The van der Waals surface area contributed by atoms with Crippen LogP contribution in [-0.2, 0) is 17.9 Å². The Morgan fingerprint density at radius 3 is 2.62 bits per heavy atom. The Morgan fingerprint density at radius 2 is 2.00 bits per heavy atom. The van der Waals surface area contributed by atoms with Crippen LogP contribution in [0.1, 0.15) is 23.4 Å². The first-order chi connectivity index (χ1) is 13.7. The summed E-state index contributed by atoms with van der Waals surface area (Å²) in [5, 5.41) is 11.8. The van der Waals surface area contributed by atoms with Crippen molar-refractivity contribution in [2.45, 2.75) is 26.4 Å². The van der Waals surface area contributed by atoms with Gasteiger partial charge in [-0.05, 0) is 56.5 Å². The third-order valence-electron chi connectivity index (χ3n) is 3.98. The summed E-state index contributed by atoms with van der Waals surface area (Å²) in [5.74, 6) is -0.169. The van der Waals surface area contributed by atoms with Crippen LogP contribution in [0.5, 0.6) is 0 Å². The van der Waals surface area contributed by atoms with E-state index in [9.17, 15) is 13.6 Å². The van der Waals surface area contributed by atoms with Gasteiger partial charge in [0.05, 0.1) is 21.2 Å². The summed E-state index contributed by atoms with van der Waals surface area (Å²) in [6, 6.07) is 5.15. The number of halogens is 6. The molecular weight excluding hydrogens is 559 g/mol. The number of carbonyl (C=O) groups excluding carboxylic acids is 1. The molecule has 0 aliphatic carbocycles. The summed E-state index contributed by atoms with van der Waals surface area (Å²) in [5.41, 5.74) is 0.832. The molecule has 0 spiro atoms. The van der Waals surface area contributed by atoms with Gasteiger partial charge in [-0.2, -0.15) is 10.2 Å². The van der Waals surface area contributed by atoms with E-state index in [1.807, 2.05) is 0 Å². The van der Waals surface area contributed by atoms with Gasteiger partial charge in [-0.25, -0.2) is 8.78 Å². The maximum atomic E-state index is 12.9. The van der Waals surface area contributed by atoms with E-state index in [1.165, 1.54) is 4.68 Å². The zero-order chi connectivity index (χ0) is 21.3. The SMILES string of the molecule is Cc1c(Br)c(C(F)F)nn1CC(=O)Nc1nn(Cc2ccc(Cl)cc2Cl)cc1Br. The lowest BCUT2D eigenvalue weighted by Gasteiger charge is -2.06. The molecule has 6 nitrogen and oxygen atoms in total. The van der Waals surface area contributed by atoms with Crippen molar-refractivity contribution < 1.29 is 13.6 Å². The molecule has 0 radical (unpaired) electrons. The third-order valence-corrected chi connectivity index (χ3v) is 6.13. The highest BCUT2D eigenvalue weighted by atomic mass is 79.9. The van der Waals surface area contributed by atoms with Gasteiger partial charge in [0.1, 0.15) is 12.2 Å². The van der Waals surface area contributed by atoms with Crippen molar-refractivity contribution in [1.82, 2.24) is 19.6 Å². The molecule has 0 saturated heterocycles. The Labute approximate surface area is 191 Å². The smallest absolute Gasteiger partial charge is 0.283 e. The lowest BCUT2D eigenvalue weighted by Crippen LogP contribution is -2.21. The van der Waals surface area contributed by atoms with Crippen molar-refractivity contribution >= 4 is 66.8 Å². The molecule has 3 rings (SSSR count). The molecule has 29 heavy (non-hydrogen) atoms. The molecule has 1 aromatic carbocycles. The van der Waals surface area contributed by atoms with Gasteiger partial charge in [0.25, 0.3) is 6.43 Å². The van der Waals surface area contributed by atoms with E-state index >= 15 is 0 Å². The maximum absolute atomic E-state index is 12.9. The molecule has 12 heteroatoms. The van der Waals surface area contributed by atoms with Gasteiger partial charge in [0, 0.05) is 16.2 Å². The number of carbonyl (C=O) groups is 1. The molecule has 0 aliphatic rings. The van der Waals surface area contributed by atoms with E-state index in [4.69, 9.17) is 23.2 Å². The zero-order valence-electron chi connectivity index (χ0n) is 14.8. The maximum Gasteiger partial charge on any atom is 0.283 e. The number of rotatable bonds is 6. The monoisotopic (exact) mass is 569 g/mol. The fourth-order valence-electron chi connectivity index (χ4n) is 2.54. The molecule has 0 bridgehead atoms. The number of benzene rings is 1. The largest absolute Gasteiger partial charge is 0.307 e. The molecule has 1 N–H and O–H groups in total. The molecule has 3 aromatic rings. The minimum Gasteiger partial charge on any atom is -0.307 e. The second kappa shape index (κ2) is 9.11. The summed E-state index contributed by atoms with van der Waals surface area (Å²) in [4.78, 5) is 12.4. The molecular formula is C17H13Br2Cl2F2N5O. The van der Waals surface area contributed by atoms with Crippen LogP contribution in [0.4, 0.5) is 14.6 Å². The molecule has 0 atom stereocenters. The Morgan fingerprint density at radius 1 is 1.28 bits per heavy atom. The molecule has 154 valence electrons. The van der Waals surface area contributed by atoms with Crippen LogP contribution in [0.15, 0.2) is 33.3 Å². The van der Waals surface area contributed by atoms with Gasteiger partial charge < -0.3 is 5.32 Å². The molecule has 0 fully saturated rings. The Hall–Kier alpha value is -1.49. The van der Waals surface area contributed by atoms with E-state index in [2.05, 4.69) is 47.4 Å². The lowest BCUT2D eigenvalue weighted by molar-refractivity contribution is -0.117. The number of nitrogens with one attached hydrogen (secondary N) is 1.